The molecule has 0 saturated heterocycles. The minimum atomic E-state index is -2.41. The van der Waals surface area contributed by atoms with Gasteiger partial charge in [-0.15, -0.1) is 53.1 Å². The Morgan fingerprint density at radius 3 is 2.31 bits per heavy atom. The Balaban J connectivity index is 0.000000230. The molecule has 0 fully saturated rings. The van der Waals surface area contributed by atoms with Crippen LogP contribution < -0.4 is 5.19 Å². The van der Waals surface area contributed by atoms with E-state index in [-0.39, 0.29) is 31.3 Å². The molecule has 4 aromatic heterocycles. The van der Waals surface area contributed by atoms with Crippen molar-refractivity contribution in [3.8, 4) is 22.5 Å². The monoisotopic (exact) mass is 834 g/mol. The summed E-state index contributed by atoms with van der Waals surface area (Å²) in [6.45, 7) is 6.48. The molecule has 7 aromatic rings. The molecule has 3 aromatic carbocycles. The number of furan rings is 1. The first-order valence-corrected chi connectivity index (χ1v) is 18.8. The molecule has 0 bridgehead atoms. The number of pyridine rings is 3. The molecule has 4 nitrogen and oxygen atoms in total. The van der Waals surface area contributed by atoms with Crippen LogP contribution in [-0.2, 0) is 25.5 Å². The Hall–Kier alpha value is -4.29. The van der Waals surface area contributed by atoms with Gasteiger partial charge in [-0.05, 0) is 51.8 Å². The van der Waals surface area contributed by atoms with Gasteiger partial charge in [-0.2, -0.15) is 0 Å². The number of rotatable bonds is 5. The van der Waals surface area contributed by atoms with Crippen molar-refractivity contribution in [3.63, 3.8) is 0 Å². The van der Waals surface area contributed by atoms with Gasteiger partial charge in [0.1, 0.15) is 11.4 Å². The van der Waals surface area contributed by atoms with Crippen LogP contribution in [0.25, 0.3) is 44.6 Å². The summed E-state index contributed by atoms with van der Waals surface area (Å²) in [7, 11) is -1.34. The molecule has 1 radical (unpaired) electrons. The molecule has 4 heterocycles. The summed E-state index contributed by atoms with van der Waals surface area (Å²) in [5.74, 6) is -0.456. The standard InChI is InChI=1S/C26H20FN2O.C15H18NSi.Ir/c1-16-9-10-19(20-15-18(27)13-14-28-20)25-23(16)24-21(30-25)11-12-22(29-24)26(2,3)17-7-5-4-6-8-17;1-12-5-7-13(8-6-12)15-10-9-14(11-16-15)17(2,3)4;/h4-9,11-15H,1-3H3;5-7,9-11H,1-4H3;/q2*-1;/i2*1D3;. The van der Waals surface area contributed by atoms with Crippen molar-refractivity contribution in [1.82, 2.24) is 15.0 Å². The summed E-state index contributed by atoms with van der Waals surface area (Å²) in [5.41, 5.74) is 5.33. The molecule has 48 heavy (non-hydrogen) atoms. The predicted octanol–water partition coefficient (Wildman–Crippen LogP) is 10.0. The Morgan fingerprint density at radius 2 is 1.67 bits per heavy atom. The van der Waals surface area contributed by atoms with Crippen molar-refractivity contribution in [2.75, 3.05) is 0 Å². The summed E-state index contributed by atoms with van der Waals surface area (Å²) < 4.78 is 66.2. The minimum Gasteiger partial charge on any atom is -0.499 e. The van der Waals surface area contributed by atoms with Gasteiger partial charge in [0.2, 0.25) is 0 Å². The summed E-state index contributed by atoms with van der Waals surface area (Å²) in [4.78, 5) is 13.6. The first-order chi connectivity index (χ1) is 24.8. The average molecular weight is 834 g/mol. The largest absolute Gasteiger partial charge is 0.499 e. The average Bonchev–Trinajstić information content (AvgIpc) is 3.50. The van der Waals surface area contributed by atoms with Crippen molar-refractivity contribution >= 4 is 35.3 Å². The Labute approximate surface area is 305 Å². The number of hydrogen-bond donors (Lipinski definition) is 0. The maximum absolute atomic E-state index is 13.9. The molecule has 0 unspecified atom stereocenters. The number of fused-ring (bicyclic) bond motifs is 3. The molecule has 7 heteroatoms. The zero-order valence-corrected chi connectivity index (χ0v) is 30.7. The van der Waals surface area contributed by atoms with E-state index in [0.717, 1.165) is 22.5 Å². The van der Waals surface area contributed by atoms with E-state index in [9.17, 15) is 4.39 Å². The van der Waals surface area contributed by atoms with E-state index in [1.54, 1.807) is 18.2 Å². The topological polar surface area (TPSA) is 51.8 Å². The van der Waals surface area contributed by atoms with Gasteiger partial charge >= 0.3 is 0 Å². The summed E-state index contributed by atoms with van der Waals surface area (Å²) in [5, 5.41) is 1.68. The fourth-order valence-electron chi connectivity index (χ4n) is 5.35. The van der Waals surface area contributed by atoms with E-state index >= 15 is 0 Å². The SMILES string of the molecule is [2H]C([2H])([2H])c1c[c-]c(-c2cc(F)ccn2)c2oc3ccc(C(C)(C)c4ccccc4)nc3c12.[2H]C([2H])([2H])c1c[c-]c(-c2ccc([Si](C)(C)C)cn2)cc1.[Ir]. The second kappa shape index (κ2) is 14.1. The van der Waals surface area contributed by atoms with Gasteiger partial charge < -0.3 is 14.4 Å². The molecule has 0 aliphatic rings. The van der Waals surface area contributed by atoms with Crippen LogP contribution >= 0.6 is 0 Å². The van der Waals surface area contributed by atoms with Crippen LogP contribution in [-0.4, -0.2) is 23.0 Å². The first kappa shape index (κ1) is 27.6. The molecule has 245 valence electrons. The number of nitrogens with zero attached hydrogens (tertiary/aromatic N) is 3. The normalized spacial score (nSPS) is 14.0. The number of aromatic nitrogens is 3. The van der Waals surface area contributed by atoms with E-state index in [4.69, 9.17) is 17.6 Å². The third-order valence-electron chi connectivity index (χ3n) is 8.22. The van der Waals surface area contributed by atoms with Crippen LogP contribution in [0.4, 0.5) is 4.39 Å². The summed E-state index contributed by atoms with van der Waals surface area (Å²) >= 11 is 0. The quantitative estimate of drug-likeness (QED) is 0.128. The zero-order valence-electron chi connectivity index (χ0n) is 33.3. The number of benzene rings is 3. The molecular formula is C41H38FIrN3OSi-2. The van der Waals surface area contributed by atoms with E-state index in [2.05, 4.69) is 61.7 Å². The Kier molecular flexibility index (Phi) is 8.09. The van der Waals surface area contributed by atoms with Crippen LogP contribution in [0.15, 0.2) is 108 Å². The molecule has 0 atom stereocenters. The van der Waals surface area contributed by atoms with Crippen LogP contribution in [0, 0.1) is 31.7 Å². The minimum absolute atomic E-state index is 0. The molecule has 0 N–H and O–H groups in total. The smallest absolute Gasteiger partial charge is 0.139 e. The fourth-order valence-corrected chi connectivity index (χ4v) is 6.38. The van der Waals surface area contributed by atoms with Gasteiger partial charge in [0.25, 0.3) is 0 Å². The number of aryl methyl sites for hydroxylation is 2. The van der Waals surface area contributed by atoms with Gasteiger partial charge in [-0.3, -0.25) is 0 Å². The van der Waals surface area contributed by atoms with Crippen LogP contribution in [0.3, 0.4) is 0 Å². The van der Waals surface area contributed by atoms with Gasteiger partial charge in [-0.1, -0.05) is 95.2 Å². The molecule has 0 amide bonds. The third kappa shape index (κ3) is 7.24. The second-order valence-electron chi connectivity index (χ2n) is 13.0. The van der Waals surface area contributed by atoms with E-state index in [1.165, 1.54) is 35.6 Å². The molecular weight excluding hydrogens is 790 g/mol. The maximum Gasteiger partial charge on any atom is 0.139 e. The van der Waals surface area contributed by atoms with E-state index in [1.807, 2.05) is 48.7 Å². The summed E-state index contributed by atoms with van der Waals surface area (Å²) in [6, 6.07) is 32.5. The van der Waals surface area contributed by atoms with Crippen molar-refractivity contribution in [1.29, 1.82) is 0 Å². The van der Waals surface area contributed by atoms with Crippen LogP contribution in [0.1, 0.15) is 44.5 Å². The van der Waals surface area contributed by atoms with Gasteiger partial charge in [0, 0.05) is 46.1 Å². The first-order valence-electron chi connectivity index (χ1n) is 18.3. The van der Waals surface area contributed by atoms with Crippen LogP contribution in [0.2, 0.25) is 19.6 Å². The van der Waals surface area contributed by atoms with Crippen molar-refractivity contribution < 1.29 is 37.1 Å². The molecule has 0 spiro atoms. The van der Waals surface area contributed by atoms with Crippen molar-refractivity contribution in [3.05, 3.63) is 144 Å². The second-order valence-corrected chi connectivity index (χ2v) is 18.0. The van der Waals surface area contributed by atoms with Gasteiger partial charge in [-0.25, -0.2) is 9.37 Å². The number of halogens is 1. The van der Waals surface area contributed by atoms with E-state index in [0.29, 0.717) is 33.3 Å². The van der Waals surface area contributed by atoms with Crippen LogP contribution in [0.5, 0.6) is 0 Å². The zero-order chi connectivity index (χ0) is 38.3. The molecule has 0 saturated carbocycles. The Bertz CT molecular complexity index is 2340. The number of hydrogen-bond acceptors (Lipinski definition) is 4. The molecule has 0 aliphatic heterocycles. The van der Waals surface area contributed by atoms with Crippen molar-refractivity contribution in [2.24, 2.45) is 0 Å². The van der Waals surface area contributed by atoms with Gasteiger partial charge in [0.05, 0.1) is 24.9 Å². The van der Waals surface area contributed by atoms with Gasteiger partial charge in [0.15, 0.2) is 0 Å². The summed E-state index contributed by atoms with van der Waals surface area (Å²) in [6.07, 6.45) is 3.27. The Morgan fingerprint density at radius 1 is 0.854 bits per heavy atom. The molecule has 7 rings (SSSR count). The molecule has 0 aliphatic carbocycles. The third-order valence-corrected chi connectivity index (χ3v) is 10.3. The van der Waals surface area contributed by atoms with E-state index < -0.39 is 33.0 Å². The predicted molar refractivity (Wildman–Crippen MR) is 193 cm³/mol. The fraction of sp³-hybridized carbons (Fsp3) is 0.195. The van der Waals surface area contributed by atoms with Crippen molar-refractivity contribution in [2.45, 2.75) is 52.6 Å². The maximum atomic E-state index is 13.9.